The van der Waals surface area contributed by atoms with Gasteiger partial charge in [0.25, 0.3) is 10.2 Å². The van der Waals surface area contributed by atoms with Gasteiger partial charge in [0.1, 0.15) is 0 Å². The van der Waals surface area contributed by atoms with Crippen LogP contribution in [0.2, 0.25) is 0 Å². The SMILES string of the molecule is CCCCCC(C)(C)NS(=O)(=O)NC(C)(C)CCCCC. The van der Waals surface area contributed by atoms with E-state index in [1.807, 2.05) is 27.7 Å². The molecule has 0 radical (unpaired) electrons. The third-order valence-corrected chi connectivity index (χ3v) is 5.27. The molecular weight excluding hydrogens is 284 g/mol. The molecule has 0 fully saturated rings. The Kier molecular flexibility index (Phi) is 9.05. The molecule has 0 saturated carbocycles. The first-order valence-electron chi connectivity index (χ1n) is 8.36. The van der Waals surface area contributed by atoms with Gasteiger partial charge in [-0.1, -0.05) is 52.4 Å². The molecule has 0 amide bonds. The molecular formula is C16H36N2O2S. The lowest BCUT2D eigenvalue weighted by Gasteiger charge is -2.31. The van der Waals surface area contributed by atoms with E-state index in [0.29, 0.717) is 0 Å². The Morgan fingerprint density at radius 2 is 1.05 bits per heavy atom. The van der Waals surface area contributed by atoms with Crippen LogP contribution in [-0.2, 0) is 10.2 Å². The molecule has 0 atom stereocenters. The Hall–Kier alpha value is -0.130. The first-order chi connectivity index (χ1) is 9.54. The van der Waals surface area contributed by atoms with Crippen LogP contribution in [0.4, 0.5) is 0 Å². The zero-order chi connectivity index (χ0) is 16.6. The highest BCUT2D eigenvalue weighted by Crippen LogP contribution is 2.18. The first kappa shape index (κ1) is 20.9. The van der Waals surface area contributed by atoms with Crippen molar-refractivity contribution in [2.24, 2.45) is 0 Å². The largest absolute Gasteiger partial charge is 0.277 e. The summed E-state index contributed by atoms with van der Waals surface area (Å²) in [6.45, 7) is 12.1. The number of hydrogen-bond acceptors (Lipinski definition) is 2. The minimum absolute atomic E-state index is 0.402. The second kappa shape index (κ2) is 9.11. The summed E-state index contributed by atoms with van der Waals surface area (Å²) in [5.74, 6) is 0. The van der Waals surface area contributed by atoms with E-state index in [0.717, 1.165) is 51.4 Å². The van der Waals surface area contributed by atoms with Gasteiger partial charge in [0.05, 0.1) is 0 Å². The van der Waals surface area contributed by atoms with Crippen molar-refractivity contribution >= 4 is 10.2 Å². The quantitative estimate of drug-likeness (QED) is 0.531. The molecule has 0 spiro atoms. The molecule has 0 aliphatic carbocycles. The fraction of sp³-hybridized carbons (Fsp3) is 1.00. The molecule has 0 aromatic heterocycles. The fourth-order valence-electron chi connectivity index (χ4n) is 2.49. The topological polar surface area (TPSA) is 58.2 Å². The van der Waals surface area contributed by atoms with Gasteiger partial charge >= 0.3 is 0 Å². The molecule has 0 unspecified atom stereocenters. The molecule has 0 aliphatic rings. The first-order valence-corrected chi connectivity index (χ1v) is 9.85. The third kappa shape index (κ3) is 11.1. The molecule has 2 N–H and O–H groups in total. The highest BCUT2D eigenvalue weighted by molar-refractivity contribution is 7.87. The molecule has 0 aromatic carbocycles. The summed E-state index contributed by atoms with van der Waals surface area (Å²) in [5, 5.41) is 0. The minimum atomic E-state index is -3.47. The summed E-state index contributed by atoms with van der Waals surface area (Å²) in [4.78, 5) is 0. The maximum absolute atomic E-state index is 12.3. The molecule has 21 heavy (non-hydrogen) atoms. The van der Waals surface area contributed by atoms with Gasteiger partial charge in [-0.15, -0.1) is 0 Å². The van der Waals surface area contributed by atoms with Gasteiger partial charge in [-0.2, -0.15) is 17.9 Å². The van der Waals surface area contributed by atoms with Crippen LogP contribution in [0.15, 0.2) is 0 Å². The standard InChI is InChI=1S/C16H36N2O2S/c1-7-9-11-13-15(3,4)17-21(19,20)18-16(5,6)14-12-10-8-2/h17-18H,7-14H2,1-6H3. The summed E-state index contributed by atoms with van der Waals surface area (Å²) >= 11 is 0. The predicted octanol–water partition coefficient (Wildman–Crippen LogP) is 4.13. The highest BCUT2D eigenvalue weighted by atomic mass is 32.2. The van der Waals surface area contributed by atoms with E-state index < -0.39 is 21.3 Å². The van der Waals surface area contributed by atoms with Crippen LogP contribution in [0.25, 0.3) is 0 Å². The van der Waals surface area contributed by atoms with Crippen molar-refractivity contribution in [2.75, 3.05) is 0 Å². The van der Waals surface area contributed by atoms with Crippen molar-refractivity contribution in [1.29, 1.82) is 0 Å². The molecule has 0 rings (SSSR count). The number of nitrogens with one attached hydrogen (secondary N) is 2. The summed E-state index contributed by atoms with van der Waals surface area (Å²) in [6.07, 6.45) is 8.38. The number of hydrogen-bond donors (Lipinski definition) is 2. The lowest BCUT2D eigenvalue weighted by Crippen LogP contribution is -2.54. The Balaban J connectivity index is 4.46. The Morgan fingerprint density at radius 1 is 0.714 bits per heavy atom. The van der Waals surface area contributed by atoms with Crippen LogP contribution < -0.4 is 9.44 Å². The van der Waals surface area contributed by atoms with Crippen LogP contribution in [0.5, 0.6) is 0 Å². The Morgan fingerprint density at radius 3 is 1.33 bits per heavy atom. The molecule has 4 nitrogen and oxygen atoms in total. The summed E-state index contributed by atoms with van der Waals surface area (Å²) in [5.41, 5.74) is -0.805. The van der Waals surface area contributed by atoms with E-state index in [2.05, 4.69) is 23.3 Å². The van der Waals surface area contributed by atoms with Crippen LogP contribution in [0, 0.1) is 0 Å². The minimum Gasteiger partial charge on any atom is -0.197 e. The molecule has 128 valence electrons. The lowest BCUT2D eigenvalue weighted by molar-refractivity contribution is 0.374. The van der Waals surface area contributed by atoms with Gasteiger partial charge in [0.2, 0.25) is 0 Å². The van der Waals surface area contributed by atoms with Crippen LogP contribution in [0.1, 0.15) is 92.9 Å². The zero-order valence-corrected chi connectivity index (χ0v) is 15.7. The van der Waals surface area contributed by atoms with E-state index in [4.69, 9.17) is 0 Å². The fourth-order valence-corrected chi connectivity index (χ4v) is 4.20. The maximum Gasteiger partial charge on any atom is 0.277 e. The van der Waals surface area contributed by atoms with E-state index in [9.17, 15) is 8.42 Å². The smallest absolute Gasteiger partial charge is 0.197 e. The van der Waals surface area contributed by atoms with Gasteiger partial charge in [-0.3, -0.25) is 0 Å². The van der Waals surface area contributed by atoms with Crippen LogP contribution in [0.3, 0.4) is 0 Å². The molecule has 0 aliphatic heterocycles. The van der Waals surface area contributed by atoms with Crippen molar-refractivity contribution in [2.45, 2.75) is 104 Å². The second-order valence-corrected chi connectivity index (χ2v) is 8.80. The molecule has 0 aromatic rings. The van der Waals surface area contributed by atoms with Gasteiger partial charge in [0.15, 0.2) is 0 Å². The Labute approximate surface area is 132 Å². The molecule has 5 heteroatoms. The normalized spacial score (nSPS) is 13.6. The summed E-state index contributed by atoms with van der Waals surface area (Å²) < 4.78 is 30.2. The van der Waals surface area contributed by atoms with Crippen molar-refractivity contribution in [1.82, 2.24) is 9.44 Å². The van der Waals surface area contributed by atoms with E-state index in [1.165, 1.54) is 0 Å². The van der Waals surface area contributed by atoms with Crippen molar-refractivity contribution in [3.8, 4) is 0 Å². The van der Waals surface area contributed by atoms with Crippen molar-refractivity contribution < 1.29 is 8.42 Å². The number of unbranched alkanes of at least 4 members (excludes halogenated alkanes) is 4. The molecule has 0 heterocycles. The highest BCUT2D eigenvalue weighted by Gasteiger charge is 2.29. The molecule has 0 saturated heterocycles. The lowest BCUT2D eigenvalue weighted by atomic mass is 9.98. The van der Waals surface area contributed by atoms with Crippen LogP contribution >= 0.6 is 0 Å². The van der Waals surface area contributed by atoms with Gasteiger partial charge in [0, 0.05) is 11.1 Å². The monoisotopic (exact) mass is 320 g/mol. The zero-order valence-electron chi connectivity index (χ0n) is 14.9. The van der Waals surface area contributed by atoms with Crippen molar-refractivity contribution in [3.05, 3.63) is 0 Å². The van der Waals surface area contributed by atoms with Gasteiger partial charge in [-0.25, -0.2) is 0 Å². The van der Waals surface area contributed by atoms with Crippen LogP contribution in [-0.4, -0.2) is 19.5 Å². The second-order valence-electron chi connectivity index (χ2n) is 7.39. The third-order valence-electron chi connectivity index (χ3n) is 3.63. The summed E-state index contributed by atoms with van der Waals surface area (Å²) in [6, 6.07) is 0. The van der Waals surface area contributed by atoms with E-state index in [1.54, 1.807) is 0 Å². The average molecular weight is 321 g/mol. The van der Waals surface area contributed by atoms with E-state index >= 15 is 0 Å². The summed E-state index contributed by atoms with van der Waals surface area (Å²) in [7, 11) is -3.47. The van der Waals surface area contributed by atoms with E-state index in [-0.39, 0.29) is 0 Å². The average Bonchev–Trinajstić information content (AvgIpc) is 2.25. The van der Waals surface area contributed by atoms with Gasteiger partial charge in [-0.05, 0) is 40.5 Å². The van der Waals surface area contributed by atoms with Gasteiger partial charge < -0.3 is 0 Å². The Bertz CT molecular complexity index is 346. The predicted molar refractivity (Wildman–Crippen MR) is 91.6 cm³/mol. The maximum atomic E-state index is 12.3. The van der Waals surface area contributed by atoms with Crippen molar-refractivity contribution in [3.63, 3.8) is 0 Å². The molecule has 0 bridgehead atoms. The number of rotatable bonds is 12.